The minimum Gasteiger partial charge on any atom is -0.497 e. The first-order valence-corrected chi connectivity index (χ1v) is 7.18. The van der Waals surface area contributed by atoms with E-state index in [-0.39, 0.29) is 5.91 Å². The van der Waals surface area contributed by atoms with Crippen molar-refractivity contribution in [2.24, 2.45) is 0 Å². The van der Waals surface area contributed by atoms with Gasteiger partial charge >= 0.3 is 0 Å². The summed E-state index contributed by atoms with van der Waals surface area (Å²) in [5, 5.41) is 7.49. The molecular formula is C15H18ClN3O3. The number of nitrogens with zero attached hydrogens (tertiary/aromatic N) is 2. The van der Waals surface area contributed by atoms with E-state index in [0.717, 1.165) is 5.69 Å². The van der Waals surface area contributed by atoms with Crippen molar-refractivity contribution < 1.29 is 14.3 Å². The molecule has 0 aliphatic heterocycles. The molecule has 0 atom stereocenters. The zero-order chi connectivity index (χ0) is 16.1. The number of aryl methyl sites for hydroxylation is 1. The highest BCUT2D eigenvalue weighted by Crippen LogP contribution is 2.22. The van der Waals surface area contributed by atoms with Crippen LogP contribution in [0.1, 0.15) is 23.0 Å². The summed E-state index contributed by atoms with van der Waals surface area (Å²) in [6, 6.07) is 5.01. The highest BCUT2D eigenvalue weighted by molar-refractivity contribution is 6.31. The molecule has 6 nitrogen and oxygen atoms in total. The minimum absolute atomic E-state index is 0.239. The molecule has 1 heterocycles. The summed E-state index contributed by atoms with van der Waals surface area (Å²) in [6.07, 6.45) is 1.57. The number of hydrogen-bond acceptors (Lipinski definition) is 4. The van der Waals surface area contributed by atoms with Gasteiger partial charge < -0.3 is 14.8 Å². The maximum Gasteiger partial charge on any atom is 0.251 e. The number of benzene rings is 1. The van der Waals surface area contributed by atoms with Gasteiger partial charge in [-0.15, -0.1) is 0 Å². The summed E-state index contributed by atoms with van der Waals surface area (Å²) in [5.74, 6) is 0.874. The number of carbonyl (C=O) groups excluding carboxylic acids is 1. The van der Waals surface area contributed by atoms with Crippen LogP contribution in [0.4, 0.5) is 0 Å². The molecule has 7 heteroatoms. The molecule has 22 heavy (non-hydrogen) atoms. The minimum atomic E-state index is -0.239. The molecule has 1 amide bonds. The Morgan fingerprint density at radius 1 is 1.27 bits per heavy atom. The Morgan fingerprint density at radius 2 is 1.91 bits per heavy atom. The molecule has 118 valence electrons. The molecule has 0 saturated heterocycles. The van der Waals surface area contributed by atoms with Crippen molar-refractivity contribution >= 4 is 17.5 Å². The Morgan fingerprint density at radius 3 is 2.45 bits per heavy atom. The molecule has 0 spiro atoms. The number of aromatic nitrogens is 2. The molecule has 1 N–H and O–H groups in total. The number of methoxy groups -OCH3 is 2. The van der Waals surface area contributed by atoms with Gasteiger partial charge in [0.15, 0.2) is 0 Å². The lowest BCUT2D eigenvalue weighted by atomic mass is 10.2. The van der Waals surface area contributed by atoms with E-state index in [9.17, 15) is 4.79 Å². The summed E-state index contributed by atoms with van der Waals surface area (Å²) >= 11 is 6.07. The van der Waals surface area contributed by atoms with Gasteiger partial charge in [0.1, 0.15) is 11.5 Å². The van der Waals surface area contributed by atoms with Crippen molar-refractivity contribution in [1.29, 1.82) is 0 Å². The zero-order valence-electron chi connectivity index (χ0n) is 12.7. The van der Waals surface area contributed by atoms with Crippen LogP contribution in [0.15, 0.2) is 24.4 Å². The molecule has 1 aromatic heterocycles. The van der Waals surface area contributed by atoms with Crippen LogP contribution in [0.5, 0.6) is 11.5 Å². The predicted molar refractivity (Wildman–Crippen MR) is 83.6 cm³/mol. The fraction of sp³-hybridized carbons (Fsp3) is 0.333. The third kappa shape index (κ3) is 3.51. The Balaban J connectivity index is 2.14. The third-order valence-electron chi connectivity index (χ3n) is 3.23. The van der Waals surface area contributed by atoms with Gasteiger partial charge in [-0.3, -0.25) is 9.48 Å². The molecule has 0 radical (unpaired) electrons. The van der Waals surface area contributed by atoms with E-state index < -0.39 is 0 Å². The normalized spacial score (nSPS) is 10.4. The van der Waals surface area contributed by atoms with Crippen molar-refractivity contribution in [3.05, 3.63) is 40.7 Å². The molecule has 2 rings (SSSR count). The smallest absolute Gasteiger partial charge is 0.251 e. The second-order valence-corrected chi connectivity index (χ2v) is 4.95. The number of halogens is 1. The summed E-state index contributed by atoms with van der Waals surface area (Å²) < 4.78 is 12.1. The molecule has 0 aliphatic carbocycles. The van der Waals surface area contributed by atoms with Crippen LogP contribution in [-0.4, -0.2) is 29.9 Å². The van der Waals surface area contributed by atoms with Crippen molar-refractivity contribution in [1.82, 2.24) is 15.1 Å². The van der Waals surface area contributed by atoms with Crippen LogP contribution in [0.25, 0.3) is 0 Å². The van der Waals surface area contributed by atoms with E-state index in [1.165, 1.54) is 14.2 Å². The summed E-state index contributed by atoms with van der Waals surface area (Å²) in [4.78, 5) is 12.3. The largest absolute Gasteiger partial charge is 0.497 e. The fourth-order valence-corrected chi connectivity index (χ4v) is 2.25. The van der Waals surface area contributed by atoms with Gasteiger partial charge in [-0.25, -0.2) is 0 Å². The van der Waals surface area contributed by atoms with Crippen molar-refractivity contribution in [3.8, 4) is 11.5 Å². The zero-order valence-corrected chi connectivity index (χ0v) is 13.5. The third-order valence-corrected chi connectivity index (χ3v) is 3.54. The quantitative estimate of drug-likeness (QED) is 0.887. The summed E-state index contributed by atoms with van der Waals surface area (Å²) in [6.45, 7) is 2.94. The highest BCUT2D eigenvalue weighted by Gasteiger charge is 2.13. The second kappa shape index (κ2) is 7.17. The molecule has 2 aromatic rings. The number of rotatable bonds is 6. The first-order valence-electron chi connectivity index (χ1n) is 6.80. The van der Waals surface area contributed by atoms with Crippen LogP contribution < -0.4 is 14.8 Å². The van der Waals surface area contributed by atoms with E-state index >= 15 is 0 Å². The van der Waals surface area contributed by atoms with Gasteiger partial charge in [-0.05, 0) is 19.1 Å². The predicted octanol–water partition coefficient (Wildman–Crippen LogP) is 2.50. The van der Waals surface area contributed by atoms with Crippen LogP contribution >= 0.6 is 11.6 Å². The number of hydrogen-bond donors (Lipinski definition) is 1. The average molecular weight is 324 g/mol. The molecule has 0 saturated carbocycles. The first-order chi connectivity index (χ1) is 10.6. The van der Waals surface area contributed by atoms with Gasteiger partial charge in [0.05, 0.1) is 37.7 Å². The molecule has 0 unspecified atom stereocenters. The molecular weight excluding hydrogens is 306 g/mol. The topological polar surface area (TPSA) is 65.4 Å². The second-order valence-electron chi connectivity index (χ2n) is 4.54. The maximum atomic E-state index is 12.3. The van der Waals surface area contributed by atoms with Crippen LogP contribution in [-0.2, 0) is 13.1 Å². The van der Waals surface area contributed by atoms with E-state index in [4.69, 9.17) is 21.1 Å². The average Bonchev–Trinajstić information content (AvgIpc) is 2.91. The molecule has 0 fully saturated rings. The summed E-state index contributed by atoms with van der Waals surface area (Å²) in [7, 11) is 3.08. The number of carbonyl (C=O) groups is 1. The van der Waals surface area contributed by atoms with Crippen LogP contribution in [0.3, 0.4) is 0 Å². The number of ether oxygens (including phenoxy) is 2. The molecule has 0 bridgehead atoms. The van der Waals surface area contributed by atoms with E-state index in [1.54, 1.807) is 29.1 Å². The van der Waals surface area contributed by atoms with E-state index in [0.29, 0.717) is 35.2 Å². The van der Waals surface area contributed by atoms with Crippen LogP contribution in [0.2, 0.25) is 5.02 Å². The number of amides is 1. The monoisotopic (exact) mass is 323 g/mol. The lowest BCUT2D eigenvalue weighted by Gasteiger charge is -2.10. The van der Waals surface area contributed by atoms with E-state index in [1.807, 2.05) is 6.92 Å². The number of nitrogens with one attached hydrogen (secondary N) is 1. The van der Waals surface area contributed by atoms with Crippen molar-refractivity contribution in [2.45, 2.75) is 20.0 Å². The van der Waals surface area contributed by atoms with Crippen molar-refractivity contribution in [2.75, 3.05) is 14.2 Å². The standard InChI is InChI=1S/C15H18ClN3O3/c1-4-19-14(13(16)8-18-19)9-17-15(20)10-5-11(21-2)7-12(6-10)22-3/h5-8H,4,9H2,1-3H3,(H,17,20). The van der Waals surface area contributed by atoms with Gasteiger partial charge in [0, 0.05) is 18.2 Å². The van der Waals surface area contributed by atoms with Gasteiger partial charge in [0.2, 0.25) is 0 Å². The lowest BCUT2D eigenvalue weighted by Crippen LogP contribution is -2.24. The molecule has 0 aliphatic rings. The lowest BCUT2D eigenvalue weighted by molar-refractivity contribution is 0.0949. The first kappa shape index (κ1) is 16.2. The SMILES string of the molecule is CCn1ncc(Cl)c1CNC(=O)c1cc(OC)cc(OC)c1. The van der Waals surface area contributed by atoms with Gasteiger partial charge in [-0.1, -0.05) is 11.6 Å². The van der Waals surface area contributed by atoms with Gasteiger partial charge in [-0.2, -0.15) is 5.10 Å². The Labute approximate surface area is 134 Å². The Bertz CT molecular complexity index is 648. The summed E-state index contributed by atoms with van der Waals surface area (Å²) in [5.41, 5.74) is 1.22. The maximum absolute atomic E-state index is 12.3. The van der Waals surface area contributed by atoms with Crippen molar-refractivity contribution in [3.63, 3.8) is 0 Å². The van der Waals surface area contributed by atoms with Crippen LogP contribution in [0, 0.1) is 0 Å². The molecule has 1 aromatic carbocycles. The van der Waals surface area contributed by atoms with E-state index in [2.05, 4.69) is 10.4 Å². The highest BCUT2D eigenvalue weighted by atomic mass is 35.5. The Kier molecular flexibility index (Phi) is 5.27. The van der Waals surface area contributed by atoms with Gasteiger partial charge in [0.25, 0.3) is 5.91 Å². The fourth-order valence-electron chi connectivity index (χ4n) is 2.04. The Hall–Kier alpha value is -2.21.